The van der Waals surface area contributed by atoms with Crippen molar-refractivity contribution in [2.75, 3.05) is 18.4 Å². The number of halogens is 4. The van der Waals surface area contributed by atoms with Crippen LogP contribution in [0.2, 0.25) is 0 Å². The van der Waals surface area contributed by atoms with Crippen LogP contribution in [-0.4, -0.2) is 19.0 Å². The van der Waals surface area contributed by atoms with Crippen molar-refractivity contribution in [3.8, 4) is 0 Å². The summed E-state index contributed by atoms with van der Waals surface area (Å²) in [6.07, 6.45) is -3.77. The minimum absolute atomic E-state index is 0.137. The highest BCUT2D eigenvalue weighted by Gasteiger charge is 2.37. The molecule has 1 aromatic carbocycles. The monoisotopic (exact) mass is 350 g/mol. The first kappa shape index (κ1) is 15.3. The van der Waals surface area contributed by atoms with Crippen LogP contribution < -0.4 is 10.6 Å². The SMILES string of the molecule is CC1(C(=O)Nc2cc(C(F)(F)F)ccc2Br)CCNC1. The number of alkyl halides is 3. The molecule has 1 fully saturated rings. The second-order valence-electron chi connectivity index (χ2n) is 5.13. The van der Waals surface area contributed by atoms with Crippen molar-refractivity contribution in [2.45, 2.75) is 19.5 Å². The molecule has 1 aliphatic heterocycles. The van der Waals surface area contributed by atoms with Crippen molar-refractivity contribution in [1.82, 2.24) is 5.32 Å². The lowest BCUT2D eigenvalue weighted by molar-refractivity contribution is -0.137. The average Bonchev–Trinajstić information content (AvgIpc) is 2.79. The summed E-state index contributed by atoms with van der Waals surface area (Å²) in [6.45, 7) is 3.05. The molecule has 2 N–H and O–H groups in total. The Bertz CT molecular complexity index is 525. The maximum absolute atomic E-state index is 12.7. The third-order valence-electron chi connectivity index (χ3n) is 3.46. The van der Waals surface area contributed by atoms with Crippen LogP contribution in [-0.2, 0) is 11.0 Å². The molecule has 0 spiro atoms. The van der Waals surface area contributed by atoms with E-state index in [1.54, 1.807) is 6.92 Å². The Balaban J connectivity index is 2.22. The first-order valence-electron chi connectivity index (χ1n) is 6.11. The summed E-state index contributed by atoms with van der Waals surface area (Å²) < 4.78 is 38.5. The Labute approximate surface area is 123 Å². The molecule has 7 heteroatoms. The van der Waals surface area contributed by atoms with Crippen LogP contribution >= 0.6 is 15.9 Å². The van der Waals surface area contributed by atoms with E-state index in [0.29, 0.717) is 17.4 Å². The van der Waals surface area contributed by atoms with Gasteiger partial charge >= 0.3 is 6.18 Å². The summed E-state index contributed by atoms with van der Waals surface area (Å²) in [7, 11) is 0. The van der Waals surface area contributed by atoms with Crippen molar-refractivity contribution >= 4 is 27.5 Å². The zero-order chi connectivity index (χ0) is 15.0. The number of hydrogen-bond acceptors (Lipinski definition) is 2. The molecule has 3 nitrogen and oxygen atoms in total. The fraction of sp³-hybridized carbons (Fsp3) is 0.462. The van der Waals surface area contributed by atoms with E-state index in [4.69, 9.17) is 0 Å². The molecule has 1 unspecified atom stereocenters. The normalized spacial score (nSPS) is 22.9. The number of carbonyl (C=O) groups excluding carboxylic acids is 1. The van der Waals surface area contributed by atoms with Gasteiger partial charge in [-0.1, -0.05) is 0 Å². The number of amides is 1. The molecule has 0 radical (unpaired) electrons. The number of hydrogen-bond donors (Lipinski definition) is 2. The maximum atomic E-state index is 12.7. The van der Waals surface area contributed by atoms with Gasteiger partial charge in [0.25, 0.3) is 0 Å². The lowest BCUT2D eigenvalue weighted by Gasteiger charge is -2.22. The number of carbonyl (C=O) groups is 1. The first-order chi connectivity index (χ1) is 9.22. The molecule has 1 atom stereocenters. The highest BCUT2D eigenvalue weighted by Crippen LogP contribution is 2.35. The zero-order valence-corrected chi connectivity index (χ0v) is 12.4. The Kier molecular flexibility index (Phi) is 4.11. The molecule has 1 saturated heterocycles. The molecule has 1 aromatic rings. The van der Waals surface area contributed by atoms with Crippen LogP contribution in [0.25, 0.3) is 0 Å². The van der Waals surface area contributed by atoms with E-state index < -0.39 is 17.2 Å². The van der Waals surface area contributed by atoms with Gasteiger partial charge < -0.3 is 10.6 Å². The van der Waals surface area contributed by atoms with E-state index in [-0.39, 0.29) is 11.6 Å². The molecule has 0 aromatic heterocycles. The van der Waals surface area contributed by atoms with E-state index in [1.807, 2.05) is 0 Å². The van der Waals surface area contributed by atoms with Crippen LogP contribution in [0.1, 0.15) is 18.9 Å². The Hall–Kier alpha value is -1.08. The smallest absolute Gasteiger partial charge is 0.325 e. The molecule has 0 bridgehead atoms. The van der Waals surface area contributed by atoms with Crippen molar-refractivity contribution in [3.63, 3.8) is 0 Å². The van der Waals surface area contributed by atoms with Crippen molar-refractivity contribution < 1.29 is 18.0 Å². The predicted octanol–water partition coefficient (Wildman–Crippen LogP) is 3.41. The third-order valence-corrected chi connectivity index (χ3v) is 4.15. The summed E-state index contributed by atoms with van der Waals surface area (Å²) in [6, 6.07) is 3.19. The second kappa shape index (κ2) is 5.37. The lowest BCUT2D eigenvalue weighted by atomic mass is 9.88. The van der Waals surface area contributed by atoms with Gasteiger partial charge in [0, 0.05) is 11.0 Å². The molecule has 1 amide bonds. The number of benzene rings is 1. The average molecular weight is 351 g/mol. The van der Waals surface area contributed by atoms with Crippen molar-refractivity contribution in [2.24, 2.45) is 5.41 Å². The standard InChI is InChI=1S/C13H14BrF3N2O/c1-12(4-5-18-7-12)11(20)19-10-6-8(13(15,16)17)2-3-9(10)14/h2-3,6,18H,4-5,7H2,1H3,(H,19,20). The lowest BCUT2D eigenvalue weighted by Crippen LogP contribution is -2.35. The number of nitrogens with one attached hydrogen (secondary N) is 2. The van der Waals surface area contributed by atoms with Crippen LogP contribution in [0.3, 0.4) is 0 Å². The van der Waals surface area contributed by atoms with Crippen molar-refractivity contribution in [3.05, 3.63) is 28.2 Å². The molecule has 20 heavy (non-hydrogen) atoms. The summed E-state index contributed by atoms with van der Waals surface area (Å²) in [5.74, 6) is -0.275. The third kappa shape index (κ3) is 3.15. The molecule has 2 rings (SSSR count). The molecule has 1 aliphatic rings. The van der Waals surface area contributed by atoms with Gasteiger partial charge in [-0.3, -0.25) is 4.79 Å². The minimum atomic E-state index is -4.43. The molecular weight excluding hydrogens is 337 g/mol. The van der Waals surface area contributed by atoms with Gasteiger partial charge in [-0.25, -0.2) is 0 Å². The summed E-state index contributed by atoms with van der Waals surface area (Å²) in [5.41, 5.74) is -1.24. The van der Waals surface area contributed by atoms with Crippen LogP contribution in [0, 0.1) is 5.41 Å². The fourth-order valence-electron chi connectivity index (χ4n) is 2.08. The molecule has 1 heterocycles. The van der Waals surface area contributed by atoms with Crippen LogP contribution in [0.5, 0.6) is 0 Å². The van der Waals surface area contributed by atoms with Gasteiger partial charge in [-0.15, -0.1) is 0 Å². The molecule has 0 aliphatic carbocycles. The first-order valence-corrected chi connectivity index (χ1v) is 6.91. The molecular formula is C13H14BrF3N2O. The van der Waals surface area contributed by atoms with Gasteiger partial charge in [0.05, 0.1) is 16.7 Å². The number of anilines is 1. The predicted molar refractivity (Wildman–Crippen MR) is 73.4 cm³/mol. The Morgan fingerprint density at radius 2 is 2.15 bits per heavy atom. The van der Waals surface area contributed by atoms with E-state index >= 15 is 0 Å². The molecule has 110 valence electrons. The highest BCUT2D eigenvalue weighted by molar-refractivity contribution is 9.10. The zero-order valence-electron chi connectivity index (χ0n) is 10.8. The van der Waals surface area contributed by atoms with Crippen molar-refractivity contribution in [1.29, 1.82) is 0 Å². The summed E-state index contributed by atoms with van der Waals surface area (Å²) >= 11 is 3.15. The quantitative estimate of drug-likeness (QED) is 0.858. The summed E-state index contributed by atoms with van der Waals surface area (Å²) in [4.78, 5) is 12.2. The van der Waals surface area contributed by atoms with Gasteiger partial charge in [-0.05, 0) is 54.0 Å². The van der Waals surface area contributed by atoms with Gasteiger partial charge in [0.1, 0.15) is 0 Å². The topological polar surface area (TPSA) is 41.1 Å². The van der Waals surface area contributed by atoms with E-state index in [1.165, 1.54) is 6.07 Å². The summed E-state index contributed by atoms with van der Waals surface area (Å²) in [5, 5.41) is 5.66. The minimum Gasteiger partial charge on any atom is -0.325 e. The highest BCUT2D eigenvalue weighted by atomic mass is 79.9. The van der Waals surface area contributed by atoms with Gasteiger partial charge in [-0.2, -0.15) is 13.2 Å². The molecule has 0 saturated carbocycles. The van der Waals surface area contributed by atoms with Crippen LogP contribution in [0.4, 0.5) is 18.9 Å². The van der Waals surface area contributed by atoms with Gasteiger partial charge in [0.2, 0.25) is 5.91 Å². The van der Waals surface area contributed by atoms with Crippen LogP contribution in [0.15, 0.2) is 22.7 Å². The number of rotatable bonds is 2. The van der Waals surface area contributed by atoms with E-state index in [2.05, 4.69) is 26.6 Å². The Morgan fingerprint density at radius 3 is 2.70 bits per heavy atom. The second-order valence-corrected chi connectivity index (χ2v) is 5.99. The van der Waals surface area contributed by atoms with E-state index in [9.17, 15) is 18.0 Å². The van der Waals surface area contributed by atoms with E-state index in [0.717, 1.165) is 18.7 Å². The largest absolute Gasteiger partial charge is 0.416 e. The Morgan fingerprint density at radius 1 is 1.45 bits per heavy atom. The van der Waals surface area contributed by atoms with Gasteiger partial charge in [0.15, 0.2) is 0 Å². The maximum Gasteiger partial charge on any atom is 0.416 e. The fourth-order valence-corrected chi connectivity index (χ4v) is 2.43.